The van der Waals surface area contributed by atoms with Gasteiger partial charge in [0.05, 0.1) is 62.2 Å². The van der Waals surface area contributed by atoms with Gasteiger partial charge in [0.1, 0.15) is 28.5 Å². The van der Waals surface area contributed by atoms with Gasteiger partial charge >= 0.3 is 0 Å². The molecule has 6 heteroatoms. The van der Waals surface area contributed by atoms with Crippen LogP contribution >= 0.6 is 0 Å². The maximum Gasteiger partial charge on any atom is 0.269 e. The van der Waals surface area contributed by atoms with E-state index in [4.69, 9.17) is 22.4 Å². The first-order chi connectivity index (χ1) is 53.6. The van der Waals surface area contributed by atoms with Crippen molar-refractivity contribution >= 4 is 54.8 Å². The third-order valence-electron chi connectivity index (χ3n) is 17.1. The van der Waals surface area contributed by atoms with Crippen molar-refractivity contribution in [3.05, 3.63) is 296 Å². The van der Waals surface area contributed by atoms with Gasteiger partial charge in [-0.2, -0.15) is 0 Å². The van der Waals surface area contributed by atoms with Gasteiger partial charge in [-0.25, -0.2) is 4.98 Å². The molecule has 0 unspecified atom stereocenters. The Morgan fingerprint density at radius 1 is 0.424 bits per heavy atom. The fourth-order valence-electron chi connectivity index (χ4n) is 12.6. The molecule has 0 aliphatic carbocycles. The van der Waals surface area contributed by atoms with Crippen LogP contribution in [0.4, 0.5) is 0 Å². The number of aromatic nitrogens is 4. The van der Waals surface area contributed by atoms with Gasteiger partial charge in [-0.3, -0.25) is 13.7 Å². The highest BCUT2D eigenvalue weighted by Crippen LogP contribution is 2.49. The number of ether oxygens (including phenoxy) is 1. The molecular weight excluding hydrogens is 1120 g/mol. The Morgan fingerprint density at radius 3 is 1.73 bits per heavy atom. The highest BCUT2D eigenvalue weighted by Gasteiger charge is 2.30. The Kier molecular flexibility index (Phi) is 8.50. The molecule has 16 aromatic rings. The molecule has 6 nitrogen and oxygen atoms in total. The van der Waals surface area contributed by atoms with Crippen LogP contribution in [-0.4, -0.2) is 14.1 Å². The first-order valence-corrected chi connectivity index (χ1v) is 30.0. The molecule has 0 fully saturated rings. The third kappa shape index (κ3) is 9.23. The molecule has 1 aliphatic rings. The van der Waals surface area contributed by atoms with Gasteiger partial charge in [0, 0.05) is 33.8 Å². The molecule has 0 N–H and O–H groups in total. The van der Waals surface area contributed by atoms with Gasteiger partial charge in [0.15, 0.2) is 0 Å². The standard InChI is InChI=1S/C86H64N4O2/c1-85(2,3)61-40-41-87-82(50-61)90-77-34-19-17-32-70(77)71-38-37-65(52-78(71)90)91-64-27-21-26-63(51-64)88-53-89-83-73(56-36-39-81-74(45-56)72-33-18-20-35-80(72)92-81)48-62(86(4,5)6)49-76(83)69-31-16-14-29-67(69)66-28-13-15-30-68(66)75-46-60(47-79(88)84(75)89)59-43-57(54-22-9-7-10-23-54)42-58(44-59)55-24-11-8-12-25-55/h7-52H,1-6H3/i7D,8D,9D,10D,11D,12D,13D,14D,15D,16D,22D,23D,24D,25D,28D,29D,30D,31D,42D,43D,44D. The maximum atomic E-state index is 10.5. The quantitative estimate of drug-likeness (QED) is 0.113. The Balaban J connectivity index is 1.05. The van der Waals surface area contributed by atoms with Crippen LogP contribution < -0.4 is 9.30 Å². The fourth-order valence-corrected chi connectivity index (χ4v) is 12.6. The lowest BCUT2D eigenvalue weighted by atomic mass is 9.81. The smallest absolute Gasteiger partial charge is 0.269 e. The second kappa shape index (κ2) is 21.1. The number of fused-ring (bicyclic) bond motifs is 13. The van der Waals surface area contributed by atoms with Crippen LogP contribution in [0, 0.1) is 6.33 Å². The summed E-state index contributed by atoms with van der Waals surface area (Å²) in [6.45, 7) is 12.3. The van der Waals surface area contributed by atoms with Gasteiger partial charge in [0.2, 0.25) is 0 Å². The number of nitrogens with zero attached hydrogens (tertiary/aromatic N) is 4. The van der Waals surface area contributed by atoms with Crippen LogP contribution in [0.3, 0.4) is 0 Å². The zero-order chi connectivity index (χ0) is 80.3. The normalized spacial score (nSPS) is 15.4. The number of para-hydroxylation sites is 2. The summed E-state index contributed by atoms with van der Waals surface area (Å²) < 4.78 is 219. The largest absolute Gasteiger partial charge is 0.458 e. The highest BCUT2D eigenvalue weighted by molar-refractivity contribution is 6.10. The molecule has 4 aromatic heterocycles. The van der Waals surface area contributed by atoms with Crippen LogP contribution in [0.2, 0.25) is 0 Å². The van der Waals surface area contributed by atoms with Crippen molar-refractivity contribution in [2.45, 2.75) is 52.4 Å². The van der Waals surface area contributed by atoms with E-state index in [1.165, 1.54) is 12.1 Å². The molecule has 0 saturated heterocycles. The van der Waals surface area contributed by atoms with E-state index in [1.54, 1.807) is 39.6 Å². The lowest BCUT2D eigenvalue weighted by Gasteiger charge is -2.26. The van der Waals surface area contributed by atoms with E-state index in [2.05, 4.69) is 37.7 Å². The average molecular weight is 1210 g/mol. The molecule has 1 aliphatic heterocycles. The monoisotopic (exact) mass is 1210 g/mol. The lowest BCUT2D eigenvalue weighted by Crippen LogP contribution is -2.32. The summed E-state index contributed by atoms with van der Waals surface area (Å²) in [5.74, 6) is 1.37. The number of benzene rings is 12. The molecule has 0 radical (unpaired) electrons. The number of rotatable bonds is 8. The van der Waals surface area contributed by atoms with Crippen LogP contribution in [0.1, 0.15) is 81.5 Å². The first-order valence-electron chi connectivity index (χ1n) is 40.5. The van der Waals surface area contributed by atoms with E-state index in [0.717, 1.165) is 32.8 Å². The summed E-state index contributed by atoms with van der Waals surface area (Å²) in [6.07, 6.45) is 5.46. The molecule has 0 saturated carbocycles. The van der Waals surface area contributed by atoms with Crippen LogP contribution in [0.25, 0.3) is 150 Å². The van der Waals surface area contributed by atoms with Gasteiger partial charge < -0.3 is 9.15 Å². The summed E-state index contributed by atoms with van der Waals surface area (Å²) in [6, 6.07) is 27.5. The lowest BCUT2D eigenvalue weighted by molar-refractivity contribution is -0.570. The Bertz CT molecular complexity index is 6810. The predicted molar refractivity (Wildman–Crippen MR) is 379 cm³/mol. The molecule has 0 bridgehead atoms. The summed E-state index contributed by atoms with van der Waals surface area (Å²) in [4.78, 5) is 4.89. The summed E-state index contributed by atoms with van der Waals surface area (Å²) >= 11 is 0. The van der Waals surface area contributed by atoms with Crippen LogP contribution in [0.5, 0.6) is 11.5 Å². The highest BCUT2D eigenvalue weighted by atomic mass is 16.5. The maximum absolute atomic E-state index is 10.5. The van der Waals surface area contributed by atoms with E-state index in [1.807, 2.05) is 124 Å². The summed E-state index contributed by atoms with van der Waals surface area (Å²) in [5.41, 5.74) is 0.386. The second-order valence-electron chi connectivity index (χ2n) is 24.9. The van der Waals surface area contributed by atoms with Crippen molar-refractivity contribution in [1.82, 2.24) is 14.1 Å². The van der Waals surface area contributed by atoms with Crippen LogP contribution in [-0.2, 0) is 10.8 Å². The minimum Gasteiger partial charge on any atom is -0.458 e. The first kappa shape index (κ1) is 37.0. The molecule has 440 valence electrons. The molecule has 0 amide bonds. The number of imidazole rings is 1. The Labute approximate surface area is 564 Å². The van der Waals surface area contributed by atoms with Crippen molar-refractivity contribution in [2.24, 2.45) is 0 Å². The van der Waals surface area contributed by atoms with Crippen molar-refractivity contribution in [3.8, 4) is 107 Å². The van der Waals surface area contributed by atoms with E-state index < -0.39 is 166 Å². The molecule has 12 aromatic carbocycles. The van der Waals surface area contributed by atoms with E-state index in [9.17, 15) is 20.6 Å². The number of hydrogen-bond donors (Lipinski definition) is 0. The number of pyridine rings is 1. The molecule has 0 spiro atoms. The minimum absolute atomic E-state index is 0.0602. The minimum atomic E-state index is -0.919. The molecule has 17 rings (SSSR count). The van der Waals surface area contributed by atoms with E-state index in [0.29, 0.717) is 50.5 Å². The van der Waals surface area contributed by atoms with Crippen molar-refractivity contribution in [1.29, 1.82) is 0 Å². The summed E-state index contributed by atoms with van der Waals surface area (Å²) in [5, 5.41) is 3.38. The van der Waals surface area contributed by atoms with E-state index in [-0.39, 0.29) is 61.3 Å². The SMILES string of the molecule is [2H]c1c([2H])c([2H])c(-c2c([2H])c(-c3cc4c5c(c3)n(-c3cccc(Oc6ccc7c8ccccc8n(-c8cc(C(C)(C)C)ccn8)c7c6)c3)[c-][n+]5-c3c(-c5ccc6oc7ccccc7c6c5)cc(C(C)(C)C)cc3-c3c([2H])c([2H])c([2H])c([2H])c3-c3c([2H])c([2H])c([2H])c([2H])c3-4)c([2H])c(-c3c([2H])c([2H])c([2H])c([2H])c3[2H])c2[2H])c([2H])c1[2H]. The number of hydrogen-bond acceptors (Lipinski definition) is 3. The number of furan rings is 1. The topological polar surface area (TPSA) is 49.0 Å². The molecule has 5 heterocycles. The van der Waals surface area contributed by atoms with Gasteiger partial charge in [-0.05, 0) is 191 Å². The zero-order valence-corrected chi connectivity index (χ0v) is 50.5. The van der Waals surface area contributed by atoms with E-state index >= 15 is 0 Å². The predicted octanol–water partition coefficient (Wildman–Crippen LogP) is 22.5. The summed E-state index contributed by atoms with van der Waals surface area (Å²) in [7, 11) is 0. The van der Waals surface area contributed by atoms with Crippen molar-refractivity contribution in [3.63, 3.8) is 0 Å². The third-order valence-corrected chi connectivity index (χ3v) is 17.1. The molecular formula is C86H64N4O2. The fraction of sp³-hybridized carbons (Fsp3) is 0.0930. The zero-order valence-electron chi connectivity index (χ0n) is 71.5. The van der Waals surface area contributed by atoms with Gasteiger partial charge in [-0.1, -0.05) is 217 Å². The van der Waals surface area contributed by atoms with Gasteiger partial charge in [0.25, 0.3) is 6.33 Å². The van der Waals surface area contributed by atoms with Gasteiger partial charge in [-0.15, -0.1) is 0 Å². The van der Waals surface area contributed by atoms with Crippen LogP contribution in [0.15, 0.2) is 283 Å². The molecule has 0 atom stereocenters. The average Bonchev–Trinajstić information content (AvgIpc) is 1.64. The van der Waals surface area contributed by atoms with Crippen molar-refractivity contribution in [2.75, 3.05) is 0 Å². The second-order valence-corrected chi connectivity index (χ2v) is 24.9. The van der Waals surface area contributed by atoms with Crippen molar-refractivity contribution < 1.29 is 42.5 Å². The Hall–Kier alpha value is -11.3. The molecule has 92 heavy (non-hydrogen) atoms. The Morgan fingerprint density at radius 2 is 1.02 bits per heavy atom.